The van der Waals surface area contributed by atoms with E-state index in [2.05, 4.69) is 5.32 Å². The van der Waals surface area contributed by atoms with Gasteiger partial charge in [-0.3, -0.25) is 19.7 Å². The largest absolute Gasteiger partial charge is 0.463 e. The van der Waals surface area contributed by atoms with Gasteiger partial charge in [0.25, 0.3) is 0 Å². The predicted octanol–water partition coefficient (Wildman–Crippen LogP) is 0.270. The third kappa shape index (κ3) is 3.03. The van der Waals surface area contributed by atoms with E-state index in [-0.39, 0.29) is 11.8 Å². The highest BCUT2D eigenvalue weighted by atomic mass is 16.5. The predicted molar refractivity (Wildman–Crippen MR) is 67.7 cm³/mol. The van der Waals surface area contributed by atoms with Gasteiger partial charge in [-0.2, -0.15) is 10.5 Å². The van der Waals surface area contributed by atoms with E-state index in [4.69, 9.17) is 4.74 Å². The third-order valence-corrected chi connectivity index (χ3v) is 4.10. The number of fused-ring (bicyclic) bond motifs is 2. The third-order valence-electron chi connectivity index (χ3n) is 4.10. The zero-order valence-corrected chi connectivity index (χ0v) is 11.5. The van der Waals surface area contributed by atoms with E-state index >= 15 is 0 Å². The maximum atomic E-state index is 11.9. The van der Waals surface area contributed by atoms with Gasteiger partial charge in [-0.25, -0.2) is 0 Å². The van der Waals surface area contributed by atoms with E-state index in [1.165, 1.54) is 6.92 Å². The van der Waals surface area contributed by atoms with Crippen molar-refractivity contribution in [2.75, 3.05) is 0 Å². The van der Waals surface area contributed by atoms with Crippen LogP contribution in [0.2, 0.25) is 0 Å². The van der Waals surface area contributed by atoms with Crippen molar-refractivity contribution in [2.24, 2.45) is 23.7 Å². The number of ether oxygens (including phenoxy) is 1. The fraction of sp³-hybridized carbons (Fsp3) is 0.643. The van der Waals surface area contributed by atoms with Crippen LogP contribution >= 0.6 is 0 Å². The molecule has 2 aliphatic rings. The molecule has 2 amide bonds. The molecule has 110 valence electrons. The summed E-state index contributed by atoms with van der Waals surface area (Å²) in [4.78, 5) is 35.0. The highest BCUT2D eigenvalue weighted by Crippen LogP contribution is 2.40. The van der Waals surface area contributed by atoms with Crippen LogP contribution in [0, 0.1) is 46.3 Å². The average Bonchev–Trinajstić information content (AvgIpc) is 2.38. The standard InChI is InChI=1S/C14H15N3O4/c1-7(18)21-10-3-8-2-9(4-10)12(6-16)14(20)17-13(19)11(8)5-15/h8-12H,2-4H2,1H3,(H,17,19,20)/t8-,9+,10?,11+,12-. The molecule has 2 bridgehead atoms. The summed E-state index contributed by atoms with van der Waals surface area (Å²) in [5.74, 6) is -4.35. The molecule has 0 radical (unpaired) electrons. The minimum Gasteiger partial charge on any atom is -0.463 e. The number of carbonyl (C=O) groups is 3. The van der Waals surface area contributed by atoms with Gasteiger partial charge in [0.05, 0.1) is 12.1 Å². The van der Waals surface area contributed by atoms with Gasteiger partial charge in [0.1, 0.15) is 17.9 Å². The molecule has 1 saturated heterocycles. The van der Waals surface area contributed by atoms with E-state index in [1.807, 2.05) is 12.1 Å². The summed E-state index contributed by atoms with van der Waals surface area (Å²) in [5.41, 5.74) is 0. The number of amides is 2. The molecule has 1 aliphatic carbocycles. The van der Waals surface area contributed by atoms with Crippen molar-refractivity contribution in [2.45, 2.75) is 32.3 Å². The van der Waals surface area contributed by atoms with Crippen molar-refractivity contribution in [1.29, 1.82) is 10.5 Å². The molecular weight excluding hydrogens is 274 g/mol. The summed E-state index contributed by atoms with van der Waals surface area (Å²) >= 11 is 0. The first-order valence-electron chi connectivity index (χ1n) is 6.77. The summed E-state index contributed by atoms with van der Waals surface area (Å²) in [6.07, 6.45) is 0.770. The van der Waals surface area contributed by atoms with E-state index in [0.717, 1.165) is 0 Å². The summed E-state index contributed by atoms with van der Waals surface area (Å²) in [6.45, 7) is 1.28. The zero-order valence-electron chi connectivity index (χ0n) is 11.5. The van der Waals surface area contributed by atoms with Gasteiger partial charge in [-0.05, 0) is 31.1 Å². The molecule has 7 nitrogen and oxygen atoms in total. The van der Waals surface area contributed by atoms with Gasteiger partial charge in [-0.15, -0.1) is 0 Å². The van der Waals surface area contributed by atoms with Crippen LogP contribution in [0.25, 0.3) is 0 Å². The highest BCUT2D eigenvalue weighted by molar-refractivity contribution is 5.99. The van der Waals surface area contributed by atoms with Crippen LogP contribution in [0.5, 0.6) is 0 Å². The van der Waals surface area contributed by atoms with E-state index in [9.17, 15) is 24.9 Å². The molecule has 2 rings (SSSR count). The van der Waals surface area contributed by atoms with Crippen molar-refractivity contribution in [3.63, 3.8) is 0 Å². The van der Waals surface area contributed by atoms with Crippen molar-refractivity contribution in [1.82, 2.24) is 5.32 Å². The van der Waals surface area contributed by atoms with Crippen molar-refractivity contribution < 1.29 is 19.1 Å². The second-order valence-electron chi connectivity index (χ2n) is 5.53. The number of esters is 1. The summed E-state index contributed by atoms with van der Waals surface area (Å²) in [6, 6.07) is 3.83. The molecule has 5 atom stereocenters. The monoisotopic (exact) mass is 289 g/mol. The number of carbonyl (C=O) groups excluding carboxylic acids is 3. The molecule has 0 aromatic carbocycles. The van der Waals surface area contributed by atoms with E-state index < -0.39 is 35.7 Å². The lowest BCUT2D eigenvalue weighted by atomic mass is 9.68. The molecule has 2 fully saturated rings. The summed E-state index contributed by atoms with van der Waals surface area (Å²) in [7, 11) is 0. The number of nitriles is 2. The zero-order chi connectivity index (χ0) is 15.6. The maximum absolute atomic E-state index is 11.9. The number of nitrogens with zero attached hydrogens (tertiary/aromatic N) is 2. The van der Waals surface area contributed by atoms with Crippen LogP contribution in [0.4, 0.5) is 0 Å². The number of nitrogens with one attached hydrogen (secondary N) is 1. The van der Waals surface area contributed by atoms with Crippen LogP contribution in [0.15, 0.2) is 0 Å². The van der Waals surface area contributed by atoms with E-state index in [1.54, 1.807) is 0 Å². The van der Waals surface area contributed by atoms with E-state index in [0.29, 0.717) is 19.3 Å². The molecule has 1 heterocycles. The van der Waals surface area contributed by atoms with Gasteiger partial charge in [0.15, 0.2) is 0 Å². The molecule has 1 aliphatic heterocycles. The first kappa shape index (κ1) is 15.0. The van der Waals surface area contributed by atoms with Gasteiger partial charge >= 0.3 is 5.97 Å². The second kappa shape index (κ2) is 5.92. The highest BCUT2D eigenvalue weighted by Gasteiger charge is 2.45. The Bertz CT molecular complexity index is 520. The van der Waals surface area contributed by atoms with Gasteiger partial charge in [0, 0.05) is 6.92 Å². The van der Waals surface area contributed by atoms with Crippen molar-refractivity contribution in [3.05, 3.63) is 0 Å². The Balaban J connectivity index is 2.32. The second-order valence-corrected chi connectivity index (χ2v) is 5.53. The topological polar surface area (TPSA) is 120 Å². The summed E-state index contributed by atoms with van der Waals surface area (Å²) in [5, 5.41) is 20.5. The molecule has 21 heavy (non-hydrogen) atoms. The SMILES string of the molecule is CC(=O)OC1C[C@H]2C[C@@H](C1)[C@@H](C#N)C(=O)NC(=O)[C@H]2C#N. The molecule has 1 N–H and O–H groups in total. The number of imide groups is 1. The maximum Gasteiger partial charge on any atom is 0.302 e. The molecule has 1 saturated carbocycles. The van der Waals surface area contributed by atoms with Gasteiger partial charge in [-0.1, -0.05) is 0 Å². The summed E-state index contributed by atoms with van der Waals surface area (Å²) < 4.78 is 5.18. The van der Waals surface area contributed by atoms with Crippen LogP contribution in [-0.2, 0) is 19.1 Å². The lowest BCUT2D eigenvalue weighted by molar-refractivity contribution is -0.151. The Morgan fingerprint density at radius 2 is 1.57 bits per heavy atom. The van der Waals surface area contributed by atoms with Crippen molar-refractivity contribution >= 4 is 17.8 Å². The smallest absolute Gasteiger partial charge is 0.302 e. The van der Waals surface area contributed by atoms with Crippen molar-refractivity contribution in [3.8, 4) is 12.1 Å². The Morgan fingerprint density at radius 1 is 1.10 bits per heavy atom. The Morgan fingerprint density at radius 3 is 1.95 bits per heavy atom. The van der Waals surface area contributed by atoms with Crippen LogP contribution < -0.4 is 5.32 Å². The molecule has 0 spiro atoms. The first-order valence-corrected chi connectivity index (χ1v) is 6.77. The Kier molecular flexibility index (Phi) is 4.23. The Labute approximate surface area is 121 Å². The molecule has 1 unspecified atom stereocenters. The van der Waals surface area contributed by atoms with Gasteiger partial charge < -0.3 is 4.74 Å². The Hall–Kier alpha value is -2.41. The average molecular weight is 289 g/mol. The minimum atomic E-state index is -0.963. The van der Waals surface area contributed by atoms with Gasteiger partial charge in [0.2, 0.25) is 11.8 Å². The quantitative estimate of drug-likeness (QED) is 0.546. The molecular formula is C14H15N3O4. The number of rotatable bonds is 1. The fourth-order valence-electron chi connectivity index (χ4n) is 3.26. The molecule has 7 heteroatoms. The first-order chi connectivity index (χ1) is 9.96. The van der Waals surface area contributed by atoms with Crippen LogP contribution in [0.1, 0.15) is 26.2 Å². The molecule has 0 aromatic heterocycles. The molecule has 0 aromatic rings. The fourth-order valence-corrected chi connectivity index (χ4v) is 3.26. The number of hydrogen-bond acceptors (Lipinski definition) is 6. The number of hydrogen-bond donors (Lipinski definition) is 1. The lowest BCUT2D eigenvalue weighted by Gasteiger charge is -2.38. The lowest BCUT2D eigenvalue weighted by Crippen LogP contribution is -2.49. The normalized spacial score (nSPS) is 35.5. The minimum absolute atomic E-state index is 0.318. The van der Waals surface area contributed by atoms with Crippen LogP contribution in [-0.4, -0.2) is 23.9 Å². The van der Waals surface area contributed by atoms with Crippen LogP contribution in [0.3, 0.4) is 0 Å².